The lowest BCUT2D eigenvalue weighted by atomic mass is 10.1. The summed E-state index contributed by atoms with van der Waals surface area (Å²) in [4.78, 5) is 10.7. The van der Waals surface area contributed by atoms with E-state index in [1.807, 2.05) is 30.7 Å². The highest BCUT2D eigenvalue weighted by Crippen LogP contribution is 2.23. The molecule has 0 aliphatic carbocycles. The first kappa shape index (κ1) is 14.3. The summed E-state index contributed by atoms with van der Waals surface area (Å²) in [5.74, 6) is -0.775. The van der Waals surface area contributed by atoms with Crippen LogP contribution >= 0.6 is 0 Å². The van der Waals surface area contributed by atoms with E-state index in [0.29, 0.717) is 6.42 Å². The number of aromatic nitrogens is 2. The summed E-state index contributed by atoms with van der Waals surface area (Å²) in [6.07, 6.45) is 0.665. The van der Waals surface area contributed by atoms with Crippen LogP contribution in [-0.2, 0) is 11.2 Å². The fourth-order valence-electron chi connectivity index (χ4n) is 2.47. The lowest BCUT2D eigenvalue weighted by molar-refractivity contribution is -0.136. The zero-order valence-corrected chi connectivity index (χ0v) is 12.4. The molecule has 0 fully saturated rings. The molecule has 0 spiro atoms. The Hall–Kier alpha value is -2.10. The van der Waals surface area contributed by atoms with Crippen molar-refractivity contribution >= 4 is 5.97 Å². The predicted octanol–water partition coefficient (Wildman–Crippen LogP) is 3.12. The van der Waals surface area contributed by atoms with E-state index in [4.69, 9.17) is 5.11 Å². The van der Waals surface area contributed by atoms with Gasteiger partial charge in [-0.2, -0.15) is 5.10 Å². The fraction of sp³-hybridized carbons (Fsp3) is 0.375. The highest BCUT2D eigenvalue weighted by Gasteiger charge is 2.15. The average molecular weight is 272 g/mol. The Bertz CT molecular complexity index is 657. The van der Waals surface area contributed by atoms with E-state index >= 15 is 0 Å². The molecule has 106 valence electrons. The zero-order chi connectivity index (χ0) is 14.9. The number of aryl methyl sites for hydroxylation is 2. The number of hydrogen-bond acceptors (Lipinski definition) is 2. The van der Waals surface area contributed by atoms with E-state index in [1.54, 1.807) is 0 Å². The van der Waals surface area contributed by atoms with Crippen LogP contribution in [0.2, 0.25) is 0 Å². The van der Waals surface area contributed by atoms with E-state index in [-0.39, 0.29) is 6.42 Å². The molecule has 2 rings (SSSR count). The van der Waals surface area contributed by atoms with Gasteiger partial charge in [0, 0.05) is 12.1 Å². The molecule has 1 N–H and O–H groups in total. The summed E-state index contributed by atoms with van der Waals surface area (Å²) in [5, 5.41) is 13.4. The van der Waals surface area contributed by atoms with Gasteiger partial charge in [0.05, 0.1) is 11.4 Å². The Balaban J connectivity index is 2.46. The van der Waals surface area contributed by atoms with Gasteiger partial charge in [0.25, 0.3) is 0 Å². The van der Waals surface area contributed by atoms with Crippen molar-refractivity contribution in [2.45, 2.75) is 40.5 Å². The number of carboxylic acids is 1. The van der Waals surface area contributed by atoms with Gasteiger partial charge in [0.2, 0.25) is 0 Å². The van der Waals surface area contributed by atoms with E-state index < -0.39 is 5.97 Å². The Morgan fingerprint density at radius 2 is 1.95 bits per heavy atom. The molecular formula is C16H20N2O2. The molecule has 4 nitrogen and oxygen atoms in total. The van der Waals surface area contributed by atoms with Crippen LogP contribution in [0, 0.1) is 27.7 Å². The maximum absolute atomic E-state index is 10.7. The van der Waals surface area contributed by atoms with E-state index in [1.165, 1.54) is 11.1 Å². The zero-order valence-electron chi connectivity index (χ0n) is 12.4. The van der Waals surface area contributed by atoms with Crippen LogP contribution in [0.25, 0.3) is 5.69 Å². The van der Waals surface area contributed by atoms with Crippen LogP contribution in [-0.4, -0.2) is 20.9 Å². The smallest absolute Gasteiger partial charge is 0.303 e. The molecule has 0 saturated carbocycles. The number of hydrogen-bond donors (Lipinski definition) is 1. The van der Waals surface area contributed by atoms with E-state index in [9.17, 15) is 4.79 Å². The molecule has 0 saturated heterocycles. The van der Waals surface area contributed by atoms with E-state index in [0.717, 1.165) is 22.6 Å². The van der Waals surface area contributed by atoms with Gasteiger partial charge in [-0.3, -0.25) is 4.79 Å². The van der Waals surface area contributed by atoms with Gasteiger partial charge >= 0.3 is 5.97 Å². The monoisotopic (exact) mass is 272 g/mol. The third-order valence-corrected chi connectivity index (χ3v) is 3.83. The first-order valence-electron chi connectivity index (χ1n) is 6.75. The van der Waals surface area contributed by atoms with Crippen LogP contribution in [0.3, 0.4) is 0 Å². The Labute approximate surface area is 119 Å². The van der Waals surface area contributed by atoms with Crippen molar-refractivity contribution in [1.29, 1.82) is 0 Å². The summed E-state index contributed by atoms with van der Waals surface area (Å²) in [7, 11) is 0. The molecule has 0 aliphatic heterocycles. The largest absolute Gasteiger partial charge is 0.481 e. The second kappa shape index (κ2) is 5.49. The van der Waals surface area contributed by atoms with Gasteiger partial charge in [0.1, 0.15) is 0 Å². The number of aliphatic carboxylic acids is 1. The molecule has 0 bridgehead atoms. The molecule has 0 amide bonds. The van der Waals surface area contributed by atoms with Crippen molar-refractivity contribution in [1.82, 2.24) is 9.78 Å². The van der Waals surface area contributed by atoms with Gasteiger partial charge in [-0.05, 0) is 56.9 Å². The molecular weight excluding hydrogens is 252 g/mol. The number of benzene rings is 1. The minimum absolute atomic E-state index is 0.139. The predicted molar refractivity (Wildman–Crippen MR) is 78.5 cm³/mol. The molecule has 1 aromatic heterocycles. The maximum atomic E-state index is 10.7. The lowest BCUT2D eigenvalue weighted by Gasteiger charge is -2.10. The molecule has 0 radical (unpaired) electrons. The maximum Gasteiger partial charge on any atom is 0.303 e. The van der Waals surface area contributed by atoms with Crippen LogP contribution in [0.5, 0.6) is 0 Å². The SMILES string of the molecule is Cc1cccc(-n2nc(C)c(CCC(=O)O)c2C)c1C. The molecule has 20 heavy (non-hydrogen) atoms. The van der Waals surface area contributed by atoms with Gasteiger partial charge < -0.3 is 5.11 Å². The van der Waals surface area contributed by atoms with Crippen molar-refractivity contribution in [3.05, 3.63) is 46.3 Å². The first-order chi connectivity index (χ1) is 9.41. The average Bonchev–Trinajstić information content (AvgIpc) is 2.66. The summed E-state index contributed by atoms with van der Waals surface area (Å²) in [5.41, 5.74) is 6.45. The summed E-state index contributed by atoms with van der Waals surface area (Å²) < 4.78 is 1.93. The van der Waals surface area contributed by atoms with Crippen molar-refractivity contribution < 1.29 is 9.90 Å². The molecule has 2 aromatic rings. The van der Waals surface area contributed by atoms with Gasteiger partial charge in [0.15, 0.2) is 0 Å². The fourth-order valence-corrected chi connectivity index (χ4v) is 2.47. The van der Waals surface area contributed by atoms with Crippen molar-refractivity contribution in [2.75, 3.05) is 0 Å². The minimum atomic E-state index is -0.775. The van der Waals surface area contributed by atoms with Gasteiger partial charge in [-0.15, -0.1) is 0 Å². The van der Waals surface area contributed by atoms with Crippen molar-refractivity contribution in [3.8, 4) is 5.69 Å². The third-order valence-electron chi connectivity index (χ3n) is 3.83. The van der Waals surface area contributed by atoms with Gasteiger partial charge in [-0.1, -0.05) is 12.1 Å². The van der Waals surface area contributed by atoms with Crippen molar-refractivity contribution in [2.24, 2.45) is 0 Å². The lowest BCUT2D eigenvalue weighted by Crippen LogP contribution is -2.03. The molecule has 0 atom stereocenters. The van der Waals surface area contributed by atoms with Crippen LogP contribution in [0.15, 0.2) is 18.2 Å². The van der Waals surface area contributed by atoms with E-state index in [2.05, 4.69) is 25.0 Å². The third kappa shape index (κ3) is 2.59. The second-order valence-electron chi connectivity index (χ2n) is 5.17. The van der Waals surface area contributed by atoms with Gasteiger partial charge in [-0.25, -0.2) is 4.68 Å². The highest BCUT2D eigenvalue weighted by atomic mass is 16.4. The Morgan fingerprint density at radius 1 is 1.25 bits per heavy atom. The van der Waals surface area contributed by atoms with Crippen molar-refractivity contribution in [3.63, 3.8) is 0 Å². The first-order valence-corrected chi connectivity index (χ1v) is 6.75. The quantitative estimate of drug-likeness (QED) is 0.930. The number of nitrogens with zero attached hydrogens (tertiary/aromatic N) is 2. The van der Waals surface area contributed by atoms with Crippen LogP contribution in [0.1, 0.15) is 34.5 Å². The summed E-state index contributed by atoms with van der Waals surface area (Å²) in [6.45, 7) is 8.10. The number of carbonyl (C=O) groups is 1. The Kier molecular flexibility index (Phi) is 3.93. The standard InChI is InChI=1S/C16H20N2O2/c1-10-6-5-7-15(11(10)2)18-13(4)14(12(3)17-18)8-9-16(19)20/h5-7H,8-9H2,1-4H3,(H,19,20). The molecule has 0 unspecified atom stereocenters. The van der Waals surface area contributed by atoms with Crippen LogP contribution < -0.4 is 0 Å². The topological polar surface area (TPSA) is 55.1 Å². The summed E-state index contributed by atoms with van der Waals surface area (Å²) in [6, 6.07) is 6.14. The minimum Gasteiger partial charge on any atom is -0.481 e. The normalized spacial score (nSPS) is 10.8. The highest BCUT2D eigenvalue weighted by molar-refractivity contribution is 5.67. The molecule has 1 heterocycles. The Morgan fingerprint density at radius 3 is 2.60 bits per heavy atom. The summed E-state index contributed by atoms with van der Waals surface area (Å²) >= 11 is 0. The van der Waals surface area contributed by atoms with Crippen LogP contribution in [0.4, 0.5) is 0 Å². The number of rotatable bonds is 4. The molecule has 1 aromatic carbocycles. The number of carboxylic acid groups (broad SMARTS) is 1. The molecule has 0 aliphatic rings. The molecule has 4 heteroatoms. The second-order valence-corrected chi connectivity index (χ2v) is 5.17.